The normalized spacial score (nSPS) is 17.7. The Kier molecular flexibility index (Phi) is 4.55. The molecule has 1 aromatic heterocycles. The SMILES string of the molecule is CCCS(=O)(=O)c1c(N)nsc1NCC1(OC)CCC1. The molecule has 1 heterocycles. The molecule has 114 valence electrons. The van der Waals surface area contributed by atoms with E-state index in [1.807, 2.05) is 6.92 Å². The lowest BCUT2D eigenvalue weighted by molar-refractivity contribution is -0.0601. The Morgan fingerprint density at radius 3 is 2.70 bits per heavy atom. The number of sulfone groups is 1. The fourth-order valence-corrected chi connectivity index (χ4v) is 4.96. The van der Waals surface area contributed by atoms with Gasteiger partial charge in [0.25, 0.3) is 0 Å². The van der Waals surface area contributed by atoms with Gasteiger partial charge in [-0.25, -0.2) is 8.42 Å². The zero-order valence-electron chi connectivity index (χ0n) is 11.8. The molecule has 0 aromatic carbocycles. The summed E-state index contributed by atoms with van der Waals surface area (Å²) >= 11 is 1.09. The molecule has 1 saturated carbocycles. The Morgan fingerprint density at radius 1 is 1.50 bits per heavy atom. The van der Waals surface area contributed by atoms with Gasteiger partial charge in [0.1, 0.15) is 9.90 Å². The van der Waals surface area contributed by atoms with Crippen molar-refractivity contribution < 1.29 is 13.2 Å². The Bertz CT molecular complexity index is 559. The lowest BCUT2D eigenvalue weighted by Crippen LogP contribution is -2.45. The van der Waals surface area contributed by atoms with Crippen molar-refractivity contribution in [1.82, 2.24) is 4.37 Å². The Hall–Kier alpha value is -0.860. The van der Waals surface area contributed by atoms with Crippen molar-refractivity contribution in [1.29, 1.82) is 0 Å². The van der Waals surface area contributed by atoms with Gasteiger partial charge < -0.3 is 15.8 Å². The second kappa shape index (κ2) is 5.87. The number of nitrogens with zero attached hydrogens (tertiary/aromatic N) is 1. The van der Waals surface area contributed by atoms with Crippen LogP contribution in [0, 0.1) is 0 Å². The summed E-state index contributed by atoms with van der Waals surface area (Å²) in [6.45, 7) is 2.41. The first-order valence-corrected chi connectivity index (χ1v) is 9.13. The van der Waals surface area contributed by atoms with E-state index in [0.717, 1.165) is 30.8 Å². The molecule has 1 aliphatic carbocycles. The first-order chi connectivity index (χ1) is 9.44. The molecule has 3 N–H and O–H groups in total. The molecule has 0 aliphatic heterocycles. The molecule has 6 nitrogen and oxygen atoms in total. The highest BCUT2D eigenvalue weighted by Gasteiger charge is 2.37. The summed E-state index contributed by atoms with van der Waals surface area (Å²) in [5.41, 5.74) is 5.55. The number of nitrogens with two attached hydrogens (primary N) is 1. The van der Waals surface area contributed by atoms with E-state index in [1.54, 1.807) is 7.11 Å². The zero-order chi connectivity index (χ0) is 14.8. The number of nitrogen functional groups attached to an aromatic ring is 1. The maximum absolute atomic E-state index is 12.2. The molecule has 20 heavy (non-hydrogen) atoms. The first-order valence-electron chi connectivity index (χ1n) is 6.71. The number of anilines is 2. The fourth-order valence-electron chi connectivity index (χ4n) is 2.34. The van der Waals surface area contributed by atoms with E-state index in [1.165, 1.54) is 0 Å². The predicted molar refractivity (Wildman–Crippen MR) is 81.0 cm³/mol. The Labute approximate surface area is 123 Å². The lowest BCUT2D eigenvalue weighted by atomic mass is 9.80. The third kappa shape index (κ3) is 2.91. The monoisotopic (exact) mass is 319 g/mol. The van der Waals surface area contributed by atoms with Gasteiger partial charge in [0.05, 0.1) is 11.4 Å². The van der Waals surface area contributed by atoms with Gasteiger partial charge in [-0.1, -0.05) is 6.92 Å². The summed E-state index contributed by atoms with van der Waals surface area (Å²) in [4.78, 5) is 0.148. The van der Waals surface area contributed by atoms with Crippen molar-refractivity contribution >= 4 is 32.2 Å². The quantitative estimate of drug-likeness (QED) is 0.797. The molecule has 0 saturated heterocycles. The molecule has 1 fully saturated rings. The molecule has 0 radical (unpaired) electrons. The molecule has 2 rings (SSSR count). The van der Waals surface area contributed by atoms with E-state index in [4.69, 9.17) is 10.5 Å². The van der Waals surface area contributed by atoms with Crippen LogP contribution in [0.4, 0.5) is 10.8 Å². The van der Waals surface area contributed by atoms with E-state index >= 15 is 0 Å². The van der Waals surface area contributed by atoms with Gasteiger partial charge in [-0.2, -0.15) is 4.37 Å². The van der Waals surface area contributed by atoms with Crippen LogP contribution in [-0.4, -0.2) is 37.8 Å². The summed E-state index contributed by atoms with van der Waals surface area (Å²) in [6.07, 6.45) is 3.67. The average molecular weight is 319 g/mol. The van der Waals surface area contributed by atoms with Gasteiger partial charge in [0.2, 0.25) is 0 Å². The maximum Gasteiger partial charge on any atom is 0.185 e. The zero-order valence-corrected chi connectivity index (χ0v) is 13.4. The van der Waals surface area contributed by atoms with Gasteiger partial charge in [0.15, 0.2) is 15.7 Å². The van der Waals surface area contributed by atoms with E-state index < -0.39 is 9.84 Å². The number of hydrogen-bond acceptors (Lipinski definition) is 7. The third-order valence-electron chi connectivity index (χ3n) is 3.73. The minimum atomic E-state index is -3.37. The fraction of sp³-hybridized carbons (Fsp3) is 0.750. The molecular weight excluding hydrogens is 298 g/mol. The molecule has 8 heteroatoms. The van der Waals surface area contributed by atoms with Gasteiger partial charge in [-0.05, 0) is 37.2 Å². The van der Waals surface area contributed by atoms with Gasteiger partial charge in [-0.3, -0.25) is 0 Å². The van der Waals surface area contributed by atoms with E-state index in [9.17, 15) is 8.42 Å². The minimum absolute atomic E-state index is 0.0830. The number of nitrogens with one attached hydrogen (secondary N) is 1. The van der Waals surface area contributed by atoms with Crippen LogP contribution in [0.2, 0.25) is 0 Å². The van der Waals surface area contributed by atoms with Crippen molar-refractivity contribution in [3.63, 3.8) is 0 Å². The summed E-state index contributed by atoms with van der Waals surface area (Å²) < 4.78 is 33.9. The number of aromatic nitrogens is 1. The summed E-state index contributed by atoms with van der Waals surface area (Å²) in [7, 11) is -1.68. The van der Waals surface area contributed by atoms with E-state index in [0.29, 0.717) is 18.0 Å². The molecule has 1 aromatic rings. The summed E-state index contributed by atoms with van der Waals surface area (Å²) in [6, 6.07) is 0. The highest BCUT2D eigenvalue weighted by molar-refractivity contribution is 7.91. The van der Waals surface area contributed by atoms with Crippen LogP contribution in [0.1, 0.15) is 32.6 Å². The molecule has 0 atom stereocenters. The van der Waals surface area contributed by atoms with Crippen LogP contribution in [0.25, 0.3) is 0 Å². The van der Waals surface area contributed by atoms with Gasteiger partial charge in [-0.15, -0.1) is 0 Å². The lowest BCUT2D eigenvalue weighted by Gasteiger charge is -2.40. The molecule has 0 spiro atoms. The van der Waals surface area contributed by atoms with Crippen molar-refractivity contribution in [2.75, 3.05) is 30.5 Å². The molecule has 0 amide bonds. The maximum atomic E-state index is 12.2. The van der Waals surface area contributed by atoms with E-state index in [-0.39, 0.29) is 22.1 Å². The largest absolute Gasteiger partial charge is 0.382 e. The topological polar surface area (TPSA) is 94.3 Å². The number of rotatable bonds is 7. The average Bonchev–Trinajstić information content (AvgIpc) is 2.70. The molecular formula is C12H21N3O3S2. The Balaban J connectivity index is 2.17. The van der Waals surface area contributed by atoms with Crippen molar-refractivity contribution in [2.45, 2.75) is 43.1 Å². The second-order valence-corrected chi connectivity index (χ2v) is 7.96. The van der Waals surface area contributed by atoms with Crippen LogP contribution in [-0.2, 0) is 14.6 Å². The number of methoxy groups -OCH3 is 1. The van der Waals surface area contributed by atoms with Crippen LogP contribution >= 0.6 is 11.5 Å². The van der Waals surface area contributed by atoms with Crippen molar-refractivity contribution in [2.24, 2.45) is 0 Å². The van der Waals surface area contributed by atoms with Crippen LogP contribution in [0.3, 0.4) is 0 Å². The van der Waals surface area contributed by atoms with Crippen molar-refractivity contribution in [3.05, 3.63) is 0 Å². The summed E-state index contributed by atoms with van der Waals surface area (Å²) in [5, 5.41) is 3.69. The van der Waals surface area contributed by atoms with Crippen LogP contribution in [0.5, 0.6) is 0 Å². The van der Waals surface area contributed by atoms with Crippen molar-refractivity contribution in [3.8, 4) is 0 Å². The highest BCUT2D eigenvalue weighted by Crippen LogP contribution is 2.37. The molecule has 0 bridgehead atoms. The van der Waals surface area contributed by atoms with Crippen LogP contribution in [0.15, 0.2) is 4.90 Å². The first kappa shape index (κ1) is 15.5. The predicted octanol–water partition coefficient (Wildman–Crippen LogP) is 1.89. The minimum Gasteiger partial charge on any atom is -0.382 e. The third-order valence-corrected chi connectivity index (χ3v) is 6.66. The highest BCUT2D eigenvalue weighted by atomic mass is 32.2. The summed E-state index contributed by atoms with van der Waals surface area (Å²) in [5.74, 6) is 0.172. The molecule has 0 unspecified atom stereocenters. The standard InChI is InChI=1S/C12H21N3O3S2/c1-3-7-20(16,17)9-10(13)15-19-11(9)14-8-12(18-2)5-4-6-12/h14H,3-8H2,1-2H3,(H2,13,15). The smallest absolute Gasteiger partial charge is 0.185 e. The molecule has 1 aliphatic rings. The second-order valence-electron chi connectivity index (χ2n) is 5.14. The van der Waals surface area contributed by atoms with Gasteiger partial charge >= 0.3 is 0 Å². The Morgan fingerprint density at radius 2 is 2.20 bits per heavy atom. The van der Waals surface area contributed by atoms with Gasteiger partial charge in [0, 0.05) is 13.7 Å². The number of hydrogen-bond donors (Lipinski definition) is 2. The van der Waals surface area contributed by atoms with Crippen LogP contribution < -0.4 is 11.1 Å². The number of ether oxygens (including phenoxy) is 1. The van der Waals surface area contributed by atoms with E-state index in [2.05, 4.69) is 9.69 Å².